The van der Waals surface area contributed by atoms with Gasteiger partial charge in [-0.1, -0.05) is 35.9 Å². The first-order chi connectivity index (χ1) is 12.9. The van der Waals surface area contributed by atoms with Crippen LogP contribution < -0.4 is 4.74 Å². The van der Waals surface area contributed by atoms with Crippen molar-refractivity contribution in [2.75, 3.05) is 13.1 Å². The molecule has 1 unspecified atom stereocenters. The number of aryl methyl sites for hydroxylation is 2. The molecule has 1 aromatic heterocycles. The van der Waals surface area contributed by atoms with Crippen LogP contribution in [0.3, 0.4) is 0 Å². The van der Waals surface area contributed by atoms with Crippen LogP contribution in [0.2, 0.25) is 0 Å². The van der Waals surface area contributed by atoms with E-state index < -0.39 is 10.0 Å². The SMILES string of the molecule is Cc1ccc(S(=O)(=O)N2CCC(Oc3cccc4cccnc34)C2)c(C)c1. The molecule has 27 heavy (non-hydrogen) atoms. The molecule has 140 valence electrons. The molecule has 0 aliphatic carbocycles. The fourth-order valence-corrected chi connectivity index (χ4v) is 5.28. The molecule has 6 heteroatoms. The van der Waals surface area contributed by atoms with Gasteiger partial charge in [-0.15, -0.1) is 0 Å². The van der Waals surface area contributed by atoms with Gasteiger partial charge in [0.05, 0.1) is 11.4 Å². The number of hydrogen-bond acceptors (Lipinski definition) is 4. The van der Waals surface area contributed by atoms with Crippen LogP contribution in [0.25, 0.3) is 10.9 Å². The Hall–Kier alpha value is -2.44. The molecule has 1 saturated heterocycles. The summed E-state index contributed by atoms with van der Waals surface area (Å²) in [7, 11) is -3.52. The zero-order chi connectivity index (χ0) is 19.0. The normalized spacial score (nSPS) is 18.1. The Morgan fingerprint density at radius 3 is 2.74 bits per heavy atom. The first-order valence-corrected chi connectivity index (χ1v) is 10.5. The molecule has 0 N–H and O–H groups in total. The number of rotatable bonds is 4. The third-order valence-corrected chi connectivity index (χ3v) is 6.97. The smallest absolute Gasteiger partial charge is 0.243 e. The molecule has 3 aromatic rings. The van der Waals surface area contributed by atoms with Gasteiger partial charge >= 0.3 is 0 Å². The average molecular weight is 382 g/mol. The second-order valence-electron chi connectivity index (χ2n) is 6.99. The Balaban J connectivity index is 1.55. The van der Waals surface area contributed by atoms with Crippen LogP contribution in [0.15, 0.2) is 59.6 Å². The Morgan fingerprint density at radius 2 is 1.93 bits per heavy atom. The molecule has 0 spiro atoms. The second-order valence-corrected chi connectivity index (χ2v) is 8.90. The summed E-state index contributed by atoms with van der Waals surface area (Å²) in [4.78, 5) is 4.78. The minimum absolute atomic E-state index is 0.182. The quantitative estimate of drug-likeness (QED) is 0.690. The second kappa shape index (κ2) is 6.94. The highest BCUT2D eigenvalue weighted by molar-refractivity contribution is 7.89. The number of para-hydroxylation sites is 1. The van der Waals surface area contributed by atoms with Crippen molar-refractivity contribution >= 4 is 20.9 Å². The van der Waals surface area contributed by atoms with E-state index in [-0.39, 0.29) is 6.10 Å². The van der Waals surface area contributed by atoms with Crippen molar-refractivity contribution in [3.05, 3.63) is 65.9 Å². The number of hydrogen-bond donors (Lipinski definition) is 0. The van der Waals surface area contributed by atoms with Crippen molar-refractivity contribution in [1.82, 2.24) is 9.29 Å². The van der Waals surface area contributed by atoms with Crippen molar-refractivity contribution in [2.24, 2.45) is 0 Å². The van der Waals surface area contributed by atoms with E-state index in [0.29, 0.717) is 30.2 Å². The number of pyridine rings is 1. The van der Waals surface area contributed by atoms with Crippen molar-refractivity contribution in [3.63, 3.8) is 0 Å². The molecule has 0 amide bonds. The molecule has 0 saturated carbocycles. The standard InChI is InChI=1S/C21H22N2O3S/c1-15-8-9-20(16(2)13-15)27(24,25)23-12-10-18(14-23)26-19-7-3-5-17-6-4-11-22-21(17)19/h3-9,11,13,18H,10,12,14H2,1-2H3. The number of aromatic nitrogens is 1. The lowest BCUT2D eigenvalue weighted by Gasteiger charge is -2.19. The zero-order valence-corrected chi connectivity index (χ0v) is 16.2. The molecule has 1 atom stereocenters. The number of benzene rings is 2. The summed E-state index contributed by atoms with van der Waals surface area (Å²) in [5.74, 6) is 0.698. The molecule has 0 radical (unpaired) electrons. The lowest BCUT2D eigenvalue weighted by atomic mass is 10.2. The number of sulfonamides is 1. The van der Waals surface area contributed by atoms with Gasteiger partial charge in [-0.05, 0) is 44.0 Å². The fraction of sp³-hybridized carbons (Fsp3) is 0.286. The molecule has 2 aromatic carbocycles. The van der Waals surface area contributed by atoms with E-state index in [1.807, 2.05) is 56.3 Å². The predicted molar refractivity (Wildman–Crippen MR) is 105 cm³/mol. The molecular weight excluding hydrogens is 360 g/mol. The third-order valence-electron chi connectivity index (χ3n) is 4.95. The minimum Gasteiger partial charge on any atom is -0.487 e. The number of ether oxygens (including phenoxy) is 1. The third kappa shape index (κ3) is 3.42. The van der Waals surface area contributed by atoms with Crippen molar-refractivity contribution < 1.29 is 13.2 Å². The van der Waals surface area contributed by atoms with E-state index in [1.54, 1.807) is 12.3 Å². The van der Waals surface area contributed by atoms with Gasteiger partial charge in [0.25, 0.3) is 0 Å². The van der Waals surface area contributed by atoms with Gasteiger partial charge in [0.1, 0.15) is 17.4 Å². The summed E-state index contributed by atoms with van der Waals surface area (Å²) in [5, 5.41) is 1.01. The zero-order valence-electron chi connectivity index (χ0n) is 15.4. The molecule has 4 rings (SSSR count). The first-order valence-electron chi connectivity index (χ1n) is 9.03. The van der Waals surface area contributed by atoms with Gasteiger partial charge in [-0.2, -0.15) is 4.31 Å². The largest absolute Gasteiger partial charge is 0.487 e. The Labute approximate surface area is 159 Å². The van der Waals surface area contributed by atoms with Crippen LogP contribution in [0.1, 0.15) is 17.5 Å². The summed E-state index contributed by atoms with van der Waals surface area (Å²) >= 11 is 0. The predicted octanol–water partition coefficient (Wildman–Crippen LogP) is 3.69. The van der Waals surface area contributed by atoms with Crippen LogP contribution in [0.4, 0.5) is 0 Å². The topological polar surface area (TPSA) is 59.5 Å². The maximum absolute atomic E-state index is 13.0. The summed E-state index contributed by atoms with van der Waals surface area (Å²) < 4.78 is 33.7. The molecule has 1 aliphatic rings. The highest BCUT2D eigenvalue weighted by atomic mass is 32.2. The van der Waals surface area contributed by atoms with Gasteiger partial charge in [0.2, 0.25) is 10.0 Å². The lowest BCUT2D eigenvalue weighted by Crippen LogP contribution is -2.31. The van der Waals surface area contributed by atoms with E-state index in [1.165, 1.54) is 4.31 Å². The van der Waals surface area contributed by atoms with E-state index in [9.17, 15) is 8.42 Å². The summed E-state index contributed by atoms with van der Waals surface area (Å²) in [6.07, 6.45) is 2.21. The Kier molecular flexibility index (Phi) is 4.61. The van der Waals surface area contributed by atoms with Gasteiger partial charge in [0.15, 0.2) is 0 Å². The summed E-state index contributed by atoms with van der Waals surface area (Å²) in [5.41, 5.74) is 2.63. The molecular formula is C21H22N2O3S. The average Bonchev–Trinajstić information content (AvgIpc) is 3.11. The maximum atomic E-state index is 13.0. The fourth-order valence-electron chi connectivity index (χ4n) is 3.59. The Bertz CT molecular complexity index is 1090. The molecule has 1 aliphatic heterocycles. The van der Waals surface area contributed by atoms with Crippen molar-refractivity contribution in [3.8, 4) is 5.75 Å². The van der Waals surface area contributed by atoms with Crippen molar-refractivity contribution in [1.29, 1.82) is 0 Å². The van der Waals surface area contributed by atoms with Crippen LogP contribution in [0, 0.1) is 13.8 Å². The van der Waals surface area contributed by atoms with E-state index >= 15 is 0 Å². The monoisotopic (exact) mass is 382 g/mol. The van der Waals surface area contributed by atoms with Gasteiger partial charge in [0, 0.05) is 18.1 Å². The molecule has 1 fully saturated rings. The van der Waals surface area contributed by atoms with Gasteiger partial charge < -0.3 is 4.74 Å². The first kappa shape index (κ1) is 17.9. The van der Waals surface area contributed by atoms with Crippen LogP contribution >= 0.6 is 0 Å². The lowest BCUT2D eigenvalue weighted by molar-refractivity contribution is 0.218. The van der Waals surface area contributed by atoms with E-state index in [2.05, 4.69) is 4.98 Å². The highest BCUT2D eigenvalue weighted by Crippen LogP contribution is 2.29. The maximum Gasteiger partial charge on any atom is 0.243 e. The molecule has 5 nitrogen and oxygen atoms in total. The summed E-state index contributed by atoms with van der Waals surface area (Å²) in [6.45, 7) is 4.60. The molecule has 0 bridgehead atoms. The Morgan fingerprint density at radius 1 is 1.11 bits per heavy atom. The summed E-state index contributed by atoms with van der Waals surface area (Å²) in [6, 6.07) is 15.1. The number of nitrogens with zero attached hydrogens (tertiary/aromatic N) is 2. The van der Waals surface area contributed by atoms with Crippen LogP contribution in [-0.4, -0.2) is 36.9 Å². The van der Waals surface area contributed by atoms with E-state index in [0.717, 1.165) is 22.0 Å². The van der Waals surface area contributed by atoms with Gasteiger partial charge in [-0.3, -0.25) is 4.98 Å². The van der Waals surface area contributed by atoms with Gasteiger partial charge in [-0.25, -0.2) is 8.42 Å². The number of fused-ring (bicyclic) bond motifs is 1. The van der Waals surface area contributed by atoms with Crippen LogP contribution in [-0.2, 0) is 10.0 Å². The van der Waals surface area contributed by atoms with Crippen molar-refractivity contribution in [2.45, 2.75) is 31.3 Å². The van der Waals surface area contributed by atoms with E-state index in [4.69, 9.17) is 4.74 Å². The molecule has 2 heterocycles. The van der Waals surface area contributed by atoms with Crippen LogP contribution in [0.5, 0.6) is 5.75 Å². The minimum atomic E-state index is -3.52. The highest BCUT2D eigenvalue weighted by Gasteiger charge is 2.34.